The number of hydrogen-bond acceptors (Lipinski definition) is 6. The quantitative estimate of drug-likeness (QED) is 0.837. The van der Waals surface area contributed by atoms with Crippen LogP contribution in [0.1, 0.15) is 36.7 Å². The Kier molecular flexibility index (Phi) is 4.03. The van der Waals surface area contributed by atoms with Crippen molar-refractivity contribution in [1.82, 2.24) is 5.32 Å². The van der Waals surface area contributed by atoms with Gasteiger partial charge in [-0.3, -0.25) is 4.79 Å². The van der Waals surface area contributed by atoms with Crippen molar-refractivity contribution in [3.8, 4) is 0 Å². The topological polar surface area (TPSA) is 89.5 Å². The number of fused-ring (bicyclic) bond motifs is 1. The Labute approximate surface area is 126 Å². The van der Waals surface area contributed by atoms with E-state index < -0.39 is 25.7 Å². The van der Waals surface area contributed by atoms with Gasteiger partial charge in [-0.15, -0.1) is 0 Å². The van der Waals surface area contributed by atoms with Gasteiger partial charge in [0.15, 0.2) is 0 Å². The molecule has 0 saturated carbocycles. The molecule has 0 spiro atoms. The summed E-state index contributed by atoms with van der Waals surface area (Å²) in [6, 6.07) is 4.61. The molecular weight excluding hydrogens is 314 g/mol. The molecule has 0 aliphatic carbocycles. The second kappa shape index (κ2) is 5.34. The van der Waals surface area contributed by atoms with Gasteiger partial charge in [-0.2, -0.15) is 0 Å². The normalized spacial score (nSPS) is 16.4. The third-order valence-electron chi connectivity index (χ3n) is 2.57. The van der Waals surface area contributed by atoms with E-state index in [4.69, 9.17) is 4.74 Å². The lowest BCUT2D eigenvalue weighted by molar-refractivity contribution is 0.0523. The second-order valence-corrected chi connectivity index (χ2v) is 9.14. The maximum Gasteiger partial charge on any atom is 0.407 e. The first-order chi connectivity index (χ1) is 9.60. The molecule has 1 N–H and O–H groups in total. The Bertz CT molecular complexity index is 704. The fraction of sp³-hybridized carbons (Fsp3) is 0.385. The molecule has 0 radical (unpaired) electrons. The number of ether oxygens (including phenoxy) is 1. The SMILES string of the molecule is CC(C)(C)OC(=O)NCc1cccc2c1S(=O)(=O)SC2=O. The number of nitrogens with one attached hydrogen (secondary N) is 1. The standard InChI is InChI=1S/C13H15NO5S2/c1-13(2,3)19-12(16)14-7-8-5-4-6-9-10(8)21(17,18)20-11(9)15/h4-6H,7H2,1-3H3,(H,14,16). The van der Waals surface area contributed by atoms with Gasteiger partial charge in [0.05, 0.1) is 15.7 Å². The van der Waals surface area contributed by atoms with E-state index in [0.717, 1.165) is 0 Å². The van der Waals surface area contributed by atoms with Crippen LogP contribution in [-0.4, -0.2) is 25.2 Å². The van der Waals surface area contributed by atoms with Crippen molar-refractivity contribution in [1.29, 1.82) is 0 Å². The molecule has 1 aliphatic rings. The van der Waals surface area contributed by atoms with E-state index in [2.05, 4.69) is 5.32 Å². The van der Waals surface area contributed by atoms with Gasteiger partial charge in [0.25, 0.3) is 0 Å². The molecule has 1 aromatic rings. The van der Waals surface area contributed by atoms with Crippen LogP contribution in [-0.2, 0) is 20.2 Å². The van der Waals surface area contributed by atoms with Crippen LogP contribution in [0.15, 0.2) is 23.1 Å². The number of amides is 1. The first-order valence-corrected chi connectivity index (χ1v) is 8.99. The lowest BCUT2D eigenvalue weighted by Gasteiger charge is -2.19. The van der Waals surface area contributed by atoms with Crippen LogP contribution in [0.3, 0.4) is 0 Å². The summed E-state index contributed by atoms with van der Waals surface area (Å²) in [6.45, 7) is 5.16. The third kappa shape index (κ3) is 3.56. The molecular formula is C13H15NO5S2. The highest BCUT2D eigenvalue weighted by atomic mass is 33.1. The molecule has 0 atom stereocenters. The van der Waals surface area contributed by atoms with Gasteiger partial charge in [-0.05, 0) is 32.4 Å². The van der Waals surface area contributed by atoms with Crippen molar-refractivity contribution < 1.29 is 22.7 Å². The summed E-state index contributed by atoms with van der Waals surface area (Å²) in [7, 11) is -3.39. The van der Waals surface area contributed by atoms with Gasteiger partial charge in [-0.25, -0.2) is 13.2 Å². The molecule has 1 amide bonds. The second-order valence-electron chi connectivity index (χ2n) is 5.47. The largest absolute Gasteiger partial charge is 0.444 e. The lowest BCUT2D eigenvalue weighted by Crippen LogP contribution is -2.32. The summed E-state index contributed by atoms with van der Waals surface area (Å²) >= 11 is 0. The molecule has 114 valence electrons. The van der Waals surface area contributed by atoms with Crippen molar-refractivity contribution in [3.05, 3.63) is 29.3 Å². The number of carbonyl (C=O) groups excluding carboxylic acids is 2. The molecule has 0 fully saturated rings. The van der Waals surface area contributed by atoms with Gasteiger partial charge < -0.3 is 10.1 Å². The van der Waals surface area contributed by atoms with Crippen molar-refractivity contribution >= 4 is 30.9 Å². The Hall–Kier alpha value is -1.54. The molecule has 1 heterocycles. The fourth-order valence-corrected chi connectivity index (χ4v) is 5.05. The Morgan fingerprint density at radius 1 is 1.33 bits per heavy atom. The van der Waals surface area contributed by atoms with Gasteiger partial charge in [-0.1, -0.05) is 12.1 Å². The monoisotopic (exact) mass is 329 g/mol. The Morgan fingerprint density at radius 2 is 2.00 bits per heavy atom. The van der Waals surface area contributed by atoms with Crippen molar-refractivity contribution in [2.75, 3.05) is 0 Å². The zero-order valence-electron chi connectivity index (χ0n) is 11.8. The van der Waals surface area contributed by atoms with Crippen molar-refractivity contribution in [2.24, 2.45) is 0 Å². The van der Waals surface area contributed by atoms with E-state index >= 15 is 0 Å². The predicted molar refractivity (Wildman–Crippen MR) is 78.6 cm³/mol. The molecule has 0 saturated heterocycles. The number of benzene rings is 1. The minimum absolute atomic E-state index is 0.0175. The minimum atomic E-state index is -3.69. The zero-order chi connectivity index (χ0) is 15.8. The highest BCUT2D eigenvalue weighted by Crippen LogP contribution is 2.39. The third-order valence-corrected chi connectivity index (χ3v) is 5.76. The van der Waals surface area contributed by atoms with Gasteiger partial charge in [0.1, 0.15) is 5.60 Å². The van der Waals surface area contributed by atoms with Crippen molar-refractivity contribution in [3.63, 3.8) is 0 Å². The lowest BCUT2D eigenvalue weighted by atomic mass is 10.1. The average molecular weight is 329 g/mol. The number of carbonyl (C=O) groups is 2. The van der Waals surface area contributed by atoms with E-state index in [9.17, 15) is 18.0 Å². The summed E-state index contributed by atoms with van der Waals surface area (Å²) in [5.74, 6) is 0. The fourth-order valence-electron chi connectivity index (χ4n) is 1.85. The summed E-state index contributed by atoms with van der Waals surface area (Å²) in [5.41, 5.74) is -0.110. The first-order valence-electron chi connectivity index (χ1n) is 6.18. The highest BCUT2D eigenvalue weighted by molar-refractivity contribution is 8.78. The molecule has 0 aromatic heterocycles. The van der Waals surface area contributed by atoms with Crippen LogP contribution >= 0.6 is 10.8 Å². The summed E-state index contributed by atoms with van der Waals surface area (Å²) in [6.07, 6.45) is -0.644. The van der Waals surface area contributed by atoms with Crippen LogP contribution in [0, 0.1) is 0 Å². The van der Waals surface area contributed by atoms with Crippen LogP contribution < -0.4 is 5.32 Å². The molecule has 8 heteroatoms. The van der Waals surface area contributed by atoms with Gasteiger partial charge >= 0.3 is 6.09 Å². The maximum absolute atomic E-state index is 12.0. The van der Waals surface area contributed by atoms with Crippen LogP contribution in [0.25, 0.3) is 0 Å². The van der Waals surface area contributed by atoms with E-state index in [-0.39, 0.29) is 17.0 Å². The van der Waals surface area contributed by atoms with E-state index in [1.54, 1.807) is 32.9 Å². The van der Waals surface area contributed by atoms with Crippen molar-refractivity contribution in [2.45, 2.75) is 37.8 Å². The van der Waals surface area contributed by atoms with E-state index in [1.165, 1.54) is 6.07 Å². The molecule has 0 unspecified atom stereocenters. The molecule has 2 rings (SSSR count). The average Bonchev–Trinajstić information content (AvgIpc) is 2.56. The maximum atomic E-state index is 12.0. The smallest absolute Gasteiger partial charge is 0.407 e. The predicted octanol–water partition coefficient (Wildman–Crippen LogP) is 2.29. The molecule has 6 nitrogen and oxygen atoms in total. The summed E-state index contributed by atoms with van der Waals surface area (Å²) < 4.78 is 29.0. The summed E-state index contributed by atoms with van der Waals surface area (Å²) in [4.78, 5) is 23.2. The van der Waals surface area contributed by atoms with Gasteiger partial charge in [0, 0.05) is 12.1 Å². The Morgan fingerprint density at radius 3 is 2.62 bits per heavy atom. The van der Waals surface area contributed by atoms with E-state index in [0.29, 0.717) is 16.4 Å². The van der Waals surface area contributed by atoms with Crippen LogP contribution in [0.2, 0.25) is 0 Å². The molecule has 0 bridgehead atoms. The summed E-state index contributed by atoms with van der Waals surface area (Å²) in [5, 5.41) is 2.00. The Balaban J connectivity index is 2.21. The van der Waals surface area contributed by atoms with Crippen LogP contribution in [0.5, 0.6) is 0 Å². The van der Waals surface area contributed by atoms with Crippen LogP contribution in [0.4, 0.5) is 4.79 Å². The minimum Gasteiger partial charge on any atom is -0.444 e. The molecule has 1 aliphatic heterocycles. The van der Waals surface area contributed by atoms with Gasteiger partial charge in [0.2, 0.25) is 14.0 Å². The number of hydrogen-bond donors (Lipinski definition) is 1. The number of rotatable bonds is 2. The molecule has 21 heavy (non-hydrogen) atoms. The zero-order valence-corrected chi connectivity index (χ0v) is 13.4. The number of alkyl carbamates (subject to hydrolysis) is 1. The van der Waals surface area contributed by atoms with E-state index in [1.807, 2.05) is 0 Å². The molecule has 1 aromatic carbocycles. The first kappa shape index (κ1) is 15.8. The highest BCUT2D eigenvalue weighted by Gasteiger charge is 2.36.